The largest absolute Gasteiger partial charge is 0.481 e. The monoisotopic (exact) mass is 203 g/mol. The highest BCUT2D eigenvalue weighted by Crippen LogP contribution is 2.21. The minimum absolute atomic E-state index is 0.178. The van der Waals surface area contributed by atoms with Crippen LogP contribution in [-0.4, -0.2) is 16.1 Å². The van der Waals surface area contributed by atoms with E-state index in [4.69, 9.17) is 5.11 Å². The Morgan fingerprint density at radius 1 is 1.47 bits per heavy atom. The van der Waals surface area contributed by atoms with Crippen molar-refractivity contribution >= 4 is 16.9 Å². The predicted octanol–water partition coefficient (Wildman–Crippen LogP) is 2.49. The molecular formula is C12H13NO2. The molecule has 2 aromatic rings. The van der Waals surface area contributed by atoms with Crippen LogP contribution < -0.4 is 0 Å². The second kappa shape index (κ2) is 3.77. The maximum atomic E-state index is 10.5. The first-order valence-electron chi connectivity index (χ1n) is 4.96. The van der Waals surface area contributed by atoms with Crippen molar-refractivity contribution in [3.8, 4) is 0 Å². The van der Waals surface area contributed by atoms with Crippen LogP contribution in [-0.2, 0) is 11.2 Å². The van der Waals surface area contributed by atoms with E-state index in [9.17, 15) is 4.79 Å². The molecule has 0 amide bonds. The summed E-state index contributed by atoms with van der Waals surface area (Å²) in [7, 11) is 0. The van der Waals surface area contributed by atoms with Gasteiger partial charge in [-0.25, -0.2) is 0 Å². The molecule has 1 aromatic carbocycles. The van der Waals surface area contributed by atoms with Crippen LogP contribution in [0.5, 0.6) is 0 Å². The Hall–Kier alpha value is -1.77. The van der Waals surface area contributed by atoms with E-state index in [0.29, 0.717) is 6.42 Å². The Kier molecular flexibility index (Phi) is 2.46. The fraction of sp³-hybridized carbons (Fsp3) is 0.250. The summed E-state index contributed by atoms with van der Waals surface area (Å²) in [5.41, 5.74) is 3.33. The van der Waals surface area contributed by atoms with Gasteiger partial charge in [0.2, 0.25) is 0 Å². The minimum Gasteiger partial charge on any atom is -0.481 e. The standard InChI is InChI=1S/C12H13NO2/c1-8-7-13-12-9(5-6-11(14)15)3-2-4-10(8)12/h2-4,7,13H,5-6H2,1H3,(H,14,15). The first-order valence-corrected chi connectivity index (χ1v) is 4.96. The molecule has 1 heterocycles. The lowest BCUT2D eigenvalue weighted by atomic mass is 10.1. The van der Waals surface area contributed by atoms with Gasteiger partial charge >= 0.3 is 5.97 Å². The summed E-state index contributed by atoms with van der Waals surface area (Å²) in [6.45, 7) is 2.04. The topological polar surface area (TPSA) is 53.1 Å². The maximum Gasteiger partial charge on any atom is 0.303 e. The first-order chi connectivity index (χ1) is 7.18. The average Bonchev–Trinajstić information content (AvgIpc) is 2.58. The van der Waals surface area contributed by atoms with Gasteiger partial charge in [0.25, 0.3) is 0 Å². The third-order valence-electron chi connectivity index (χ3n) is 2.62. The van der Waals surface area contributed by atoms with Crippen LogP contribution >= 0.6 is 0 Å². The van der Waals surface area contributed by atoms with Crippen LogP contribution in [0, 0.1) is 6.92 Å². The van der Waals surface area contributed by atoms with Crippen molar-refractivity contribution < 1.29 is 9.90 Å². The Labute approximate surface area is 87.7 Å². The van der Waals surface area contributed by atoms with E-state index in [1.54, 1.807) is 0 Å². The molecule has 2 rings (SSSR count). The van der Waals surface area contributed by atoms with E-state index in [0.717, 1.165) is 11.1 Å². The third-order valence-corrected chi connectivity index (χ3v) is 2.62. The molecule has 0 saturated carbocycles. The van der Waals surface area contributed by atoms with Crippen molar-refractivity contribution in [3.63, 3.8) is 0 Å². The molecule has 78 valence electrons. The first kappa shape index (κ1) is 9.77. The number of hydrogen-bond donors (Lipinski definition) is 2. The Balaban J connectivity index is 2.38. The van der Waals surface area contributed by atoms with Gasteiger partial charge in [-0.15, -0.1) is 0 Å². The summed E-state index contributed by atoms with van der Waals surface area (Å²) in [6, 6.07) is 5.99. The highest BCUT2D eigenvalue weighted by molar-refractivity contribution is 5.86. The summed E-state index contributed by atoms with van der Waals surface area (Å²) >= 11 is 0. The molecule has 0 bridgehead atoms. The zero-order chi connectivity index (χ0) is 10.8. The number of aliphatic carboxylic acids is 1. The molecular weight excluding hydrogens is 190 g/mol. The van der Waals surface area contributed by atoms with Crippen molar-refractivity contribution in [1.29, 1.82) is 0 Å². The van der Waals surface area contributed by atoms with E-state index >= 15 is 0 Å². The van der Waals surface area contributed by atoms with Crippen LogP contribution in [0.4, 0.5) is 0 Å². The molecule has 3 heteroatoms. The van der Waals surface area contributed by atoms with Gasteiger partial charge in [0.15, 0.2) is 0 Å². The van der Waals surface area contributed by atoms with Gasteiger partial charge in [0.05, 0.1) is 0 Å². The van der Waals surface area contributed by atoms with Gasteiger partial charge in [0, 0.05) is 23.5 Å². The van der Waals surface area contributed by atoms with E-state index in [1.807, 2.05) is 31.3 Å². The fourth-order valence-electron chi connectivity index (χ4n) is 1.81. The lowest BCUT2D eigenvalue weighted by Crippen LogP contribution is -1.97. The van der Waals surface area contributed by atoms with Gasteiger partial charge < -0.3 is 10.1 Å². The SMILES string of the molecule is Cc1c[nH]c2c(CCC(=O)O)cccc12. The molecule has 0 fully saturated rings. The Morgan fingerprint density at radius 3 is 3.00 bits per heavy atom. The summed E-state index contributed by atoms with van der Waals surface area (Å²) in [6.07, 6.45) is 2.71. The number of benzene rings is 1. The van der Waals surface area contributed by atoms with Crippen molar-refractivity contribution in [1.82, 2.24) is 4.98 Å². The van der Waals surface area contributed by atoms with Gasteiger partial charge in [0.1, 0.15) is 0 Å². The molecule has 2 N–H and O–H groups in total. The van der Waals surface area contributed by atoms with E-state index in [1.165, 1.54) is 10.9 Å². The van der Waals surface area contributed by atoms with Crippen LogP contribution in [0.1, 0.15) is 17.5 Å². The number of aromatic amines is 1. The number of carbonyl (C=O) groups is 1. The number of fused-ring (bicyclic) bond motifs is 1. The van der Waals surface area contributed by atoms with Crippen molar-refractivity contribution in [2.75, 3.05) is 0 Å². The lowest BCUT2D eigenvalue weighted by Gasteiger charge is -2.01. The lowest BCUT2D eigenvalue weighted by molar-refractivity contribution is -0.136. The average molecular weight is 203 g/mol. The summed E-state index contributed by atoms with van der Waals surface area (Å²) in [5.74, 6) is -0.754. The van der Waals surface area contributed by atoms with Crippen molar-refractivity contribution in [3.05, 3.63) is 35.5 Å². The number of H-pyrrole nitrogens is 1. The van der Waals surface area contributed by atoms with E-state index in [-0.39, 0.29) is 6.42 Å². The molecule has 0 unspecified atom stereocenters. The number of nitrogens with one attached hydrogen (secondary N) is 1. The molecule has 15 heavy (non-hydrogen) atoms. The zero-order valence-electron chi connectivity index (χ0n) is 8.58. The number of hydrogen-bond acceptors (Lipinski definition) is 1. The summed E-state index contributed by atoms with van der Waals surface area (Å²) in [5, 5.41) is 9.82. The van der Waals surface area contributed by atoms with Crippen LogP contribution in [0.25, 0.3) is 10.9 Å². The number of carboxylic acids is 1. The van der Waals surface area contributed by atoms with E-state index < -0.39 is 5.97 Å². The fourth-order valence-corrected chi connectivity index (χ4v) is 1.81. The molecule has 0 aliphatic rings. The molecule has 0 radical (unpaired) electrons. The van der Waals surface area contributed by atoms with E-state index in [2.05, 4.69) is 4.98 Å². The molecule has 0 atom stereocenters. The summed E-state index contributed by atoms with van der Waals surface area (Å²) < 4.78 is 0. The van der Waals surface area contributed by atoms with Crippen LogP contribution in [0.15, 0.2) is 24.4 Å². The van der Waals surface area contributed by atoms with Crippen LogP contribution in [0.3, 0.4) is 0 Å². The molecule has 3 nitrogen and oxygen atoms in total. The zero-order valence-corrected chi connectivity index (χ0v) is 8.58. The van der Waals surface area contributed by atoms with Gasteiger partial charge in [-0.1, -0.05) is 18.2 Å². The Bertz CT molecular complexity index is 499. The predicted molar refractivity (Wildman–Crippen MR) is 59.0 cm³/mol. The minimum atomic E-state index is -0.754. The highest BCUT2D eigenvalue weighted by atomic mass is 16.4. The van der Waals surface area contributed by atoms with Gasteiger partial charge in [-0.2, -0.15) is 0 Å². The van der Waals surface area contributed by atoms with Gasteiger partial charge in [-0.3, -0.25) is 4.79 Å². The molecule has 0 spiro atoms. The second-order valence-corrected chi connectivity index (χ2v) is 3.71. The normalized spacial score (nSPS) is 10.7. The summed E-state index contributed by atoms with van der Waals surface area (Å²) in [4.78, 5) is 13.7. The van der Waals surface area contributed by atoms with Crippen molar-refractivity contribution in [2.45, 2.75) is 19.8 Å². The van der Waals surface area contributed by atoms with Gasteiger partial charge in [-0.05, 0) is 24.5 Å². The molecule has 0 aliphatic heterocycles. The maximum absolute atomic E-state index is 10.5. The highest BCUT2D eigenvalue weighted by Gasteiger charge is 2.06. The van der Waals surface area contributed by atoms with Crippen LogP contribution in [0.2, 0.25) is 0 Å². The molecule has 0 aliphatic carbocycles. The smallest absolute Gasteiger partial charge is 0.303 e. The number of para-hydroxylation sites is 1. The molecule has 1 aromatic heterocycles. The Morgan fingerprint density at radius 2 is 2.27 bits per heavy atom. The quantitative estimate of drug-likeness (QED) is 0.805. The second-order valence-electron chi connectivity index (χ2n) is 3.71. The number of rotatable bonds is 3. The number of aromatic nitrogens is 1. The number of carboxylic acid groups (broad SMARTS) is 1. The molecule has 0 saturated heterocycles. The third kappa shape index (κ3) is 1.86. The van der Waals surface area contributed by atoms with Crippen molar-refractivity contribution in [2.24, 2.45) is 0 Å². The number of aryl methyl sites for hydroxylation is 2.